The third kappa shape index (κ3) is 3.90. The van der Waals surface area contributed by atoms with Crippen LogP contribution in [-0.4, -0.2) is 21.7 Å². The number of hydrogen-bond donors (Lipinski definition) is 2. The maximum absolute atomic E-state index is 6.11. The fourth-order valence-corrected chi connectivity index (χ4v) is 5.50. The Kier molecular flexibility index (Phi) is 5.26. The Morgan fingerprint density at radius 1 is 1.24 bits per heavy atom. The first kappa shape index (κ1) is 19.0. The van der Waals surface area contributed by atoms with E-state index in [0.29, 0.717) is 5.82 Å². The summed E-state index contributed by atoms with van der Waals surface area (Å²) in [5.74, 6) is 2.85. The summed E-state index contributed by atoms with van der Waals surface area (Å²) < 4.78 is 14.0. The van der Waals surface area contributed by atoms with Gasteiger partial charge in [-0.2, -0.15) is 0 Å². The van der Waals surface area contributed by atoms with Gasteiger partial charge in [0.1, 0.15) is 0 Å². The van der Waals surface area contributed by atoms with Crippen LogP contribution in [0, 0.1) is 5.92 Å². The minimum atomic E-state index is 0.254. The summed E-state index contributed by atoms with van der Waals surface area (Å²) in [4.78, 5) is 13.5. The van der Waals surface area contributed by atoms with Crippen molar-refractivity contribution in [1.29, 1.82) is 0 Å². The second-order valence-electron chi connectivity index (χ2n) is 7.59. The fraction of sp³-hybridized carbons (Fsp3) is 0.450. The molecular weight excluding hydrogens is 454 g/mol. The van der Waals surface area contributed by atoms with Gasteiger partial charge in [-0.15, -0.1) is 0 Å². The molecule has 2 aliphatic rings. The van der Waals surface area contributed by atoms with Crippen LogP contribution >= 0.6 is 27.7 Å². The Morgan fingerprint density at radius 2 is 2.03 bits per heavy atom. The Morgan fingerprint density at radius 3 is 2.86 bits per heavy atom. The number of benzene rings is 1. The van der Waals surface area contributed by atoms with Crippen LogP contribution in [0.5, 0.6) is 11.5 Å². The molecule has 7 nitrogen and oxygen atoms in total. The van der Waals surface area contributed by atoms with Crippen molar-refractivity contribution in [3.63, 3.8) is 0 Å². The topological polar surface area (TPSA) is 89.9 Å². The largest absolute Gasteiger partial charge is 0.454 e. The van der Waals surface area contributed by atoms with Crippen LogP contribution in [0.2, 0.25) is 0 Å². The van der Waals surface area contributed by atoms with Crippen molar-refractivity contribution in [1.82, 2.24) is 15.0 Å². The zero-order valence-corrected chi connectivity index (χ0v) is 18.4. The second kappa shape index (κ2) is 8.02. The van der Waals surface area contributed by atoms with Crippen molar-refractivity contribution in [2.75, 3.05) is 12.5 Å². The number of anilines is 1. The second-order valence-corrected chi connectivity index (χ2v) is 9.48. The number of H-pyrrole nitrogens is 1. The van der Waals surface area contributed by atoms with E-state index in [-0.39, 0.29) is 6.79 Å². The predicted molar refractivity (Wildman–Crippen MR) is 114 cm³/mol. The van der Waals surface area contributed by atoms with Crippen LogP contribution in [0.15, 0.2) is 33.0 Å². The molecule has 0 atom stereocenters. The van der Waals surface area contributed by atoms with E-state index in [2.05, 4.69) is 30.5 Å². The first-order valence-corrected chi connectivity index (χ1v) is 11.6. The maximum Gasteiger partial charge on any atom is 0.294 e. The molecule has 3 aromatic rings. The van der Waals surface area contributed by atoms with Crippen LogP contribution in [0.4, 0.5) is 5.82 Å². The van der Waals surface area contributed by atoms with Crippen LogP contribution in [0.1, 0.15) is 38.5 Å². The number of nitrogens with one attached hydrogen (secondary N) is 1. The molecule has 3 heterocycles. The summed E-state index contributed by atoms with van der Waals surface area (Å²) in [6, 6.07) is 3.88. The van der Waals surface area contributed by atoms with Crippen LogP contribution in [0.3, 0.4) is 0 Å². The molecule has 2 aromatic heterocycles. The lowest BCUT2D eigenvalue weighted by atomic mass is 10.0. The zero-order chi connectivity index (χ0) is 19.8. The number of aromatic amines is 1. The summed E-state index contributed by atoms with van der Waals surface area (Å²) in [7, 11) is 0. The summed E-state index contributed by atoms with van der Waals surface area (Å²) in [6.07, 6.45) is 9.76. The van der Waals surface area contributed by atoms with E-state index >= 15 is 0 Å². The SMILES string of the molecule is Nc1nc[n+](CCCC2CCCC2)c2nc(Sc3cc4c(cc3Br)OCO4)[nH]c12. The predicted octanol–water partition coefficient (Wildman–Crippen LogP) is 4.44. The van der Waals surface area contributed by atoms with Gasteiger partial charge in [0.05, 0.1) is 6.54 Å². The summed E-state index contributed by atoms with van der Waals surface area (Å²) in [5, 5.41) is 0.767. The minimum absolute atomic E-state index is 0.254. The number of rotatable bonds is 6. The van der Waals surface area contributed by atoms with Gasteiger partial charge in [-0.05, 0) is 58.6 Å². The van der Waals surface area contributed by atoms with Gasteiger partial charge in [-0.1, -0.05) is 35.7 Å². The van der Waals surface area contributed by atoms with Crippen LogP contribution in [-0.2, 0) is 6.54 Å². The number of hydrogen-bond acceptors (Lipinski definition) is 6. The zero-order valence-electron chi connectivity index (χ0n) is 16.0. The first-order valence-electron chi connectivity index (χ1n) is 9.98. The van der Waals surface area contributed by atoms with Gasteiger partial charge in [-0.3, -0.25) is 0 Å². The van der Waals surface area contributed by atoms with Gasteiger partial charge in [0.15, 0.2) is 17.0 Å². The summed E-state index contributed by atoms with van der Waals surface area (Å²) in [6.45, 7) is 1.16. The maximum atomic E-state index is 6.11. The molecule has 0 saturated heterocycles. The lowest BCUT2D eigenvalue weighted by Crippen LogP contribution is -2.35. The molecule has 0 radical (unpaired) electrons. The number of nitrogen functional groups attached to an aromatic ring is 1. The highest BCUT2D eigenvalue weighted by Gasteiger charge is 2.22. The molecule has 1 fully saturated rings. The first-order chi connectivity index (χ1) is 14.2. The Balaban J connectivity index is 1.37. The van der Waals surface area contributed by atoms with E-state index in [9.17, 15) is 0 Å². The van der Waals surface area contributed by atoms with E-state index in [0.717, 1.165) is 56.1 Å². The average Bonchev–Trinajstić information content (AvgIpc) is 3.45. The van der Waals surface area contributed by atoms with Crippen molar-refractivity contribution < 1.29 is 14.0 Å². The third-order valence-electron chi connectivity index (χ3n) is 5.65. The molecule has 0 bridgehead atoms. The minimum Gasteiger partial charge on any atom is -0.454 e. The smallest absolute Gasteiger partial charge is 0.294 e. The molecule has 9 heteroatoms. The van der Waals surface area contributed by atoms with E-state index in [1.165, 1.54) is 43.9 Å². The Hall–Kier alpha value is -2.00. The van der Waals surface area contributed by atoms with Crippen LogP contribution in [0.25, 0.3) is 11.2 Å². The average molecular weight is 477 g/mol. The third-order valence-corrected chi connectivity index (χ3v) is 7.51. The van der Waals surface area contributed by atoms with E-state index in [4.69, 9.17) is 20.2 Å². The molecule has 5 rings (SSSR count). The fourth-order valence-electron chi connectivity index (χ4n) is 4.12. The van der Waals surface area contributed by atoms with Crippen molar-refractivity contribution >= 4 is 44.7 Å². The number of aryl methyl sites for hydroxylation is 1. The van der Waals surface area contributed by atoms with Crippen molar-refractivity contribution in [3.05, 3.63) is 22.9 Å². The number of aromatic nitrogens is 4. The van der Waals surface area contributed by atoms with E-state index in [1.807, 2.05) is 12.1 Å². The molecular formula is C20H23BrN5O2S+. The van der Waals surface area contributed by atoms with Crippen LogP contribution < -0.4 is 19.8 Å². The lowest BCUT2D eigenvalue weighted by Gasteiger charge is -2.07. The molecule has 0 amide bonds. The molecule has 0 spiro atoms. The molecule has 3 N–H and O–H groups in total. The molecule has 29 heavy (non-hydrogen) atoms. The van der Waals surface area contributed by atoms with Crippen molar-refractivity contribution in [2.45, 2.75) is 55.1 Å². The van der Waals surface area contributed by atoms with Gasteiger partial charge in [-0.25, -0.2) is 4.57 Å². The summed E-state index contributed by atoms with van der Waals surface area (Å²) in [5.41, 5.74) is 7.75. The molecule has 1 aliphatic heterocycles. The standard InChI is InChI=1S/C20H22BrN5O2S/c21-13-8-14-15(28-11-27-14)9-16(13)29-20-24-17-18(22)23-10-26(19(17)25-20)7-3-6-12-4-1-2-5-12/h8-10,12H,1-7,11H2,(H2,22,24,25)/p+1. The quantitative estimate of drug-likeness (QED) is 0.511. The Bertz CT molecular complexity index is 1050. The molecule has 1 aliphatic carbocycles. The van der Waals surface area contributed by atoms with E-state index < -0.39 is 0 Å². The number of fused-ring (bicyclic) bond motifs is 2. The molecule has 1 aromatic carbocycles. The molecule has 0 unspecified atom stereocenters. The Labute approximate surface area is 181 Å². The number of ether oxygens (including phenoxy) is 2. The normalized spacial score (nSPS) is 16.2. The lowest BCUT2D eigenvalue weighted by molar-refractivity contribution is -0.676. The number of halogens is 1. The summed E-state index contributed by atoms with van der Waals surface area (Å²) >= 11 is 5.13. The van der Waals surface area contributed by atoms with E-state index in [1.54, 1.807) is 6.33 Å². The van der Waals surface area contributed by atoms with Gasteiger partial charge < -0.3 is 20.2 Å². The molecule has 1 saturated carbocycles. The van der Waals surface area contributed by atoms with Crippen molar-refractivity contribution in [2.24, 2.45) is 5.92 Å². The highest BCUT2D eigenvalue weighted by Crippen LogP contribution is 2.42. The van der Waals surface area contributed by atoms with Gasteiger partial charge >= 0.3 is 0 Å². The highest BCUT2D eigenvalue weighted by molar-refractivity contribution is 9.10. The monoisotopic (exact) mass is 476 g/mol. The number of nitrogens with two attached hydrogens (primary N) is 1. The van der Waals surface area contributed by atoms with Gasteiger partial charge in [0.25, 0.3) is 5.65 Å². The number of imidazole rings is 1. The highest BCUT2D eigenvalue weighted by atomic mass is 79.9. The molecule has 152 valence electrons. The number of nitrogens with zero attached hydrogens (tertiary/aromatic N) is 3. The van der Waals surface area contributed by atoms with Gasteiger partial charge in [0.2, 0.25) is 24.1 Å². The van der Waals surface area contributed by atoms with Gasteiger partial charge in [0, 0.05) is 9.37 Å². The van der Waals surface area contributed by atoms with Crippen molar-refractivity contribution in [3.8, 4) is 11.5 Å².